The predicted octanol–water partition coefficient (Wildman–Crippen LogP) is 6.88. The van der Waals surface area contributed by atoms with Crippen LogP contribution in [0, 0.1) is 0 Å². The number of anilines is 6. The van der Waals surface area contributed by atoms with E-state index in [0.29, 0.717) is 23.7 Å². The van der Waals surface area contributed by atoms with Crippen LogP contribution in [0.3, 0.4) is 0 Å². The molecule has 252 valence electrons. The first-order valence-corrected chi connectivity index (χ1v) is 16.1. The minimum atomic E-state index is -0.571. The van der Waals surface area contributed by atoms with E-state index >= 15 is 0 Å². The lowest BCUT2D eigenvalue weighted by molar-refractivity contribution is -0.115. The molecule has 1 aliphatic rings. The number of carbonyl (C=O) groups is 2. The van der Waals surface area contributed by atoms with Crippen LogP contribution in [0.5, 0.6) is 11.5 Å². The van der Waals surface area contributed by atoms with Crippen LogP contribution in [0.15, 0.2) is 67.0 Å². The lowest BCUT2D eigenvalue weighted by atomic mass is 10.2. The molecule has 1 aromatic heterocycles. The monoisotopic (exact) mass is 692 g/mol. The Hall–Kier alpha value is -4.78. The highest BCUT2D eigenvalue weighted by molar-refractivity contribution is 6.41. The molecule has 4 aromatic rings. The summed E-state index contributed by atoms with van der Waals surface area (Å²) in [6.07, 6.45) is 1.74. The van der Waals surface area contributed by atoms with E-state index in [0.717, 1.165) is 43.1 Å². The summed E-state index contributed by atoms with van der Waals surface area (Å²) in [4.78, 5) is 40.8. The Kier molecular flexibility index (Phi) is 11.4. The van der Waals surface area contributed by atoms with Crippen molar-refractivity contribution in [3.05, 3.63) is 82.6 Å². The fourth-order valence-corrected chi connectivity index (χ4v) is 5.68. The summed E-state index contributed by atoms with van der Waals surface area (Å²) in [7, 11) is 5.04. The molecule has 1 fully saturated rings. The van der Waals surface area contributed by atoms with Gasteiger partial charge in [-0.2, -0.15) is 0 Å². The number of halogens is 2. The number of rotatable bonds is 11. The van der Waals surface area contributed by atoms with Gasteiger partial charge in [0.2, 0.25) is 5.91 Å². The number of methoxy groups -OCH3 is 2. The highest BCUT2D eigenvalue weighted by Crippen LogP contribution is 2.44. The average molecular weight is 694 g/mol. The van der Waals surface area contributed by atoms with Gasteiger partial charge in [-0.3, -0.25) is 9.69 Å². The van der Waals surface area contributed by atoms with E-state index in [4.69, 9.17) is 32.7 Å². The number of carbonyl (C=O) groups excluding carboxylic acids is 2. The van der Waals surface area contributed by atoms with Crippen LogP contribution in [-0.4, -0.2) is 74.3 Å². The van der Waals surface area contributed by atoms with Gasteiger partial charge in [-0.15, -0.1) is 0 Å². The zero-order valence-corrected chi connectivity index (χ0v) is 28.7. The van der Waals surface area contributed by atoms with Gasteiger partial charge in [-0.05, 0) is 49.0 Å². The Morgan fingerprint density at radius 2 is 1.48 bits per heavy atom. The van der Waals surface area contributed by atoms with Gasteiger partial charge < -0.3 is 35.2 Å². The Balaban J connectivity index is 1.41. The van der Waals surface area contributed by atoms with Crippen LogP contribution >= 0.6 is 23.2 Å². The highest BCUT2D eigenvalue weighted by atomic mass is 35.5. The maximum absolute atomic E-state index is 14.0. The van der Waals surface area contributed by atoms with E-state index in [9.17, 15) is 9.59 Å². The highest BCUT2D eigenvalue weighted by Gasteiger charge is 2.24. The quantitative estimate of drug-likeness (QED) is 0.154. The van der Waals surface area contributed by atoms with Gasteiger partial charge >= 0.3 is 6.03 Å². The van der Waals surface area contributed by atoms with Crippen molar-refractivity contribution in [3.63, 3.8) is 0 Å². The van der Waals surface area contributed by atoms with E-state index < -0.39 is 6.03 Å². The Morgan fingerprint density at radius 3 is 2.08 bits per heavy atom. The number of amides is 3. The molecule has 0 bridgehead atoms. The second kappa shape index (κ2) is 15.9. The molecular formula is C34H38Cl2N8O4. The predicted molar refractivity (Wildman–Crippen MR) is 192 cm³/mol. The summed E-state index contributed by atoms with van der Waals surface area (Å²) in [6.45, 7) is 5.90. The summed E-state index contributed by atoms with van der Waals surface area (Å²) in [5.74, 6) is 1.25. The third-order valence-corrected chi connectivity index (χ3v) is 8.64. The number of urea groups is 1. The molecule has 1 saturated heterocycles. The molecule has 3 aromatic carbocycles. The molecule has 12 nitrogen and oxygen atoms in total. The summed E-state index contributed by atoms with van der Waals surface area (Å²) in [5, 5.41) is 9.18. The molecule has 1 aliphatic heterocycles. The number of ether oxygens (including phenoxy) is 2. The molecule has 3 amide bonds. The molecule has 0 atom stereocenters. The van der Waals surface area contributed by atoms with Crippen molar-refractivity contribution in [2.75, 3.05) is 73.2 Å². The van der Waals surface area contributed by atoms with E-state index in [2.05, 4.69) is 54.9 Å². The summed E-state index contributed by atoms with van der Waals surface area (Å²) >= 11 is 13.2. The van der Waals surface area contributed by atoms with Crippen molar-refractivity contribution >= 4 is 69.5 Å². The lowest BCUT2D eigenvalue weighted by Crippen LogP contribution is -2.44. The average Bonchev–Trinajstić information content (AvgIpc) is 3.10. The Bertz CT molecular complexity index is 1700. The first-order valence-electron chi connectivity index (χ1n) is 15.4. The van der Waals surface area contributed by atoms with E-state index in [1.54, 1.807) is 25.1 Å². The molecule has 3 N–H and O–H groups in total. The fraction of sp³-hybridized carbons (Fsp3) is 0.294. The van der Waals surface area contributed by atoms with Gasteiger partial charge in [-0.25, -0.2) is 14.8 Å². The second-order valence-electron chi connectivity index (χ2n) is 11.1. The minimum absolute atomic E-state index is 0.0961. The third kappa shape index (κ3) is 8.38. The molecule has 2 heterocycles. The number of hydrogen-bond acceptors (Lipinski definition) is 9. The standard InChI is InChI=1S/C34H38Cl2N8O4/c1-5-30(45)40-24-8-6-22(7-9-24)20-44(34(46)41-33-31(35)26(47-3)18-27(48-4)32(33)36)29-19-28(37-21-38-29)39-23-10-12-25(13-11-23)43-16-14-42(2)15-17-43/h6-13,18-19,21H,5,14-17,20H2,1-4H3,(H,40,45)(H,41,46)(H,37,38,39). The van der Waals surface area contributed by atoms with Crippen molar-refractivity contribution in [2.45, 2.75) is 19.9 Å². The third-order valence-electron chi connectivity index (χ3n) is 7.89. The molecule has 0 saturated carbocycles. The first-order chi connectivity index (χ1) is 23.2. The number of hydrogen-bond donors (Lipinski definition) is 3. The normalized spacial score (nSPS) is 13.1. The van der Waals surface area contributed by atoms with Crippen molar-refractivity contribution in [2.24, 2.45) is 0 Å². The largest absolute Gasteiger partial charge is 0.495 e. The molecule has 48 heavy (non-hydrogen) atoms. The van der Waals surface area contributed by atoms with Gasteiger partial charge in [-0.1, -0.05) is 42.3 Å². The van der Waals surface area contributed by atoms with Crippen LogP contribution in [0.2, 0.25) is 10.0 Å². The first kappa shape index (κ1) is 34.6. The van der Waals surface area contributed by atoms with Gasteiger partial charge in [0.05, 0.1) is 26.5 Å². The van der Waals surface area contributed by atoms with Crippen LogP contribution < -0.4 is 35.2 Å². The Labute approximate surface area is 290 Å². The molecule has 14 heteroatoms. The minimum Gasteiger partial charge on any atom is -0.495 e. The van der Waals surface area contributed by atoms with Gasteiger partial charge in [0.15, 0.2) is 0 Å². The number of aromatic nitrogens is 2. The number of benzene rings is 3. The van der Waals surface area contributed by atoms with Crippen molar-refractivity contribution < 1.29 is 19.1 Å². The van der Waals surface area contributed by atoms with Crippen LogP contribution in [0.1, 0.15) is 18.9 Å². The van der Waals surface area contributed by atoms with Crippen LogP contribution in [0.4, 0.5) is 39.2 Å². The van der Waals surface area contributed by atoms with E-state index in [-0.39, 0.29) is 39.7 Å². The maximum Gasteiger partial charge on any atom is 0.327 e. The van der Waals surface area contributed by atoms with Crippen LogP contribution in [-0.2, 0) is 11.3 Å². The second-order valence-corrected chi connectivity index (χ2v) is 11.9. The number of piperazine rings is 1. The van der Waals surface area contributed by atoms with E-state index in [1.807, 2.05) is 24.3 Å². The van der Waals surface area contributed by atoms with Gasteiger partial charge in [0, 0.05) is 61.8 Å². The summed E-state index contributed by atoms with van der Waals surface area (Å²) in [5.41, 5.74) is 3.53. The van der Waals surface area contributed by atoms with E-state index in [1.165, 1.54) is 31.5 Å². The Morgan fingerprint density at radius 1 is 0.854 bits per heavy atom. The summed E-state index contributed by atoms with van der Waals surface area (Å²) < 4.78 is 10.7. The van der Waals surface area contributed by atoms with Gasteiger partial charge in [0.1, 0.15) is 39.5 Å². The number of nitrogens with one attached hydrogen (secondary N) is 3. The fourth-order valence-electron chi connectivity index (χ4n) is 5.08. The topological polar surface area (TPSA) is 124 Å². The SMILES string of the molecule is CCC(=O)Nc1ccc(CN(C(=O)Nc2c(Cl)c(OC)cc(OC)c2Cl)c2cc(Nc3ccc(N4CCN(C)CC4)cc3)ncn2)cc1. The smallest absolute Gasteiger partial charge is 0.327 e. The molecule has 5 rings (SSSR count). The molecule has 0 radical (unpaired) electrons. The zero-order valence-electron chi connectivity index (χ0n) is 27.2. The lowest BCUT2D eigenvalue weighted by Gasteiger charge is -2.34. The molecule has 0 aliphatic carbocycles. The molecule has 0 unspecified atom stereocenters. The van der Waals surface area contributed by atoms with Crippen molar-refractivity contribution in [1.29, 1.82) is 0 Å². The summed E-state index contributed by atoms with van der Waals surface area (Å²) in [6, 6.07) is 18.0. The zero-order chi connectivity index (χ0) is 34.2. The molecule has 0 spiro atoms. The maximum atomic E-state index is 14.0. The van der Waals surface area contributed by atoms with Crippen LogP contribution in [0.25, 0.3) is 0 Å². The number of likely N-dealkylation sites (N-methyl/N-ethyl adjacent to an activating group) is 1. The number of nitrogens with zero attached hydrogens (tertiary/aromatic N) is 5. The van der Waals surface area contributed by atoms with Crippen molar-refractivity contribution in [3.8, 4) is 11.5 Å². The molecular weight excluding hydrogens is 655 g/mol. The van der Waals surface area contributed by atoms with Gasteiger partial charge in [0.25, 0.3) is 0 Å². The van der Waals surface area contributed by atoms with Crippen molar-refractivity contribution in [1.82, 2.24) is 14.9 Å².